The maximum atomic E-state index is 2.49. The van der Waals surface area contributed by atoms with E-state index in [-0.39, 0.29) is 0 Å². The van der Waals surface area contributed by atoms with Gasteiger partial charge in [-0.2, -0.15) is 0 Å². The first-order valence-corrected chi connectivity index (χ1v) is 8.99. The average molecular weight is 267 g/mol. The molecule has 0 aromatic rings. The normalized spacial score (nSPS) is 29.7. The number of hydrogen-bond acceptors (Lipinski definition) is 0. The molecule has 114 valence electrons. The van der Waals surface area contributed by atoms with Gasteiger partial charge in [0.15, 0.2) is 0 Å². The van der Waals surface area contributed by atoms with Gasteiger partial charge in [-0.3, -0.25) is 0 Å². The van der Waals surface area contributed by atoms with E-state index in [4.69, 9.17) is 0 Å². The molecule has 4 atom stereocenters. The predicted octanol–water partition coefficient (Wildman–Crippen LogP) is 6.69. The maximum absolute atomic E-state index is 2.49. The Morgan fingerprint density at radius 1 is 0.895 bits per heavy atom. The fourth-order valence-corrected chi connectivity index (χ4v) is 3.80. The quantitative estimate of drug-likeness (QED) is 0.459. The summed E-state index contributed by atoms with van der Waals surface area (Å²) in [5.41, 5.74) is 0. The molecule has 0 spiro atoms. The minimum absolute atomic E-state index is 0.886. The lowest BCUT2D eigenvalue weighted by Gasteiger charge is -2.33. The summed E-state index contributed by atoms with van der Waals surface area (Å²) in [5, 5.41) is 0. The van der Waals surface area contributed by atoms with Crippen LogP contribution in [0.4, 0.5) is 0 Å². The van der Waals surface area contributed by atoms with Crippen LogP contribution in [0.5, 0.6) is 0 Å². The van der Waals surface area contributed by atoms with E-state index in [1.54, 1.807) is 0 Å². The van der Waals surface area contributed by atoms with Crippen molar-refractivity contribution < 1.29 is 0 Å². The summed E-state index contributed by atoms with van der Waals surface area (Å²) >= 11 is 0. The molecule has 0 amide bonds. The second kappa shape index (κ2) is 9.03. The Kier molecular flexibility index (Phi) is 8.11. The van der Waals surface area contributed by atoms with Gasteiger partial charge in [-0.15, -0.1) is 0 Å². The Balaban J connectivity index is 2.08. The summed E-state index contributed by atoms with van der Waals surface area (Å²) in [6.45, 7) is 12.1. The molecule has 4 unspecified atom stereocenters. The van der Waals surface area contributed by atoms with Crippen LogP contribution >= 0.6 is 0 Å². The molecular formula is C19H38. The van der Waals surface area contributed by atoms with E-state index < -0.39 is 0 Å². The molecule has 1 aliphatic rings. The summed E-state index contributed by atoms with van der Waals surface area (Å²) in [7, 11) is 0. The lowest BCUT2D eigenvalue weighted by atomic mass is 9.73. The van der Waals surface area contributed by atoms with Gasteiger partial charge in [-0.1, -0.05) is 86.0 Å². The molecule has 0 aromatic heterocycles. The van der Waals surface area contributed by atoms with E-state index in [9.17, 15) is 0 Å². The largest absolute Gasteiger partial charge is 0.0628 e. The second-order valence-electron chi connectivity index (χ2n) is 8.02. The Morgan fingerprint density at radius 2 is 1.58 bits per heavy atom. The fourth-order valence-electron chi connectivity index (χ4n) is 3.80. The molecule has 0 heteroatoms. The van der Waals surface area contributed by atoms with Gasteiger partial charge in [-0.25, -0.2) is 0 Å². The van der Waals surface area contributed by atoms with Gasteiger partial charge in [0.2, 0.25) is 0 Å². The molecule has 1 saturated carbocycles. The molecule has 1 rings (SSSR count). The van der Waals surface area contributed by atoms with Crippen molar-refractivity contribution in [2.75, 3.05) is 0 Å². The van der Waals surface area contributed by atoms with Crippen LogP contribution in [0.15, 0.2) is 0 Å². The SMILES string of the molecule is CC(C)CCCC(C)CCCC1CC(C)CCC1C. The first kappa shape index (κ1) is 17.1. The smallest absolute Gasteiger partial charge is 0.0386 e. The van der Waals surface area contributed by atoms with Gasteiger partial charge >= 0.3 is 0 Å². The third-order valence-corrected chi connectivity index (χ3v) is 5.37. The molecule has 0 saturated heterocycles. The predicted molar refractivity (Wildman–Crippen MR) is 87.4 cm³/mol. The first-order chi connectivity index (χ1) is 8.99. The van der Waals surface area contributed by atoms with Crippen LogP contribution in [0.2, 0.25) is 0 Å². The summed E-state index contributed by atoms with van der Waals surface area (Å²) < 4.78 is 0. The monoisotopic (exact) mass is 266 g/mol. The third-order valence-electron chi connectivity index (χ3n) is 5.37. The van der Waals surface area contributed by atoms with Crippen LogP contribution in [-0.2, 0) is 0 Å². The highest BCUT2D eigenvalue weighted by Crippen LogP contribution is 2.36. The van der Waals surface area contributed by atoms with E-state index in [1.165, 1.54) is 57.8 Å². The zero-order valence-electron chi connectivity index (χ0n) is 14.3. The second-order valence-corrected chi connectivity index (χ2v) is 8.02. The number of rotatable bonds is 8. The molecule has 1 fully saturated rings. The lowest BCUT2D eigenvalue weighted by molar-refractivity contribution is 0.186. The Hall–Kier alpha value is 0. The highest BCUT2D eigenvalue weighted by molar-refractivity contribution is 4.76. The highest BCUT2D eigenvalue weighted by atomic mass is 14.3. The van der Waals surface area contributed by atoms with Crippen LogP contribution in [0.25, 0.3) is 0 Å². The van der Waals surface area contributed by atoms with Crippen LogP contribution in [0, 0.1) is 29.6 Å². The van der Waals surface area contributed by atoms with Crippen molar-refractivity contribution in [2.24, 2.45) is 29.6 Å². The van der Waals surface area contributed by atoms with Crippen molar-refractivity contribution in [3.05, 3.63) is 0 Å². The molecule has 0 aromatic carbocycles. The Labute approximate surface area is 122 Å². The van der Waals surface area contributed by atoms with E-state index in [2.05, 4.69) is 34.6 Å². The van der Waals surface area contributed by atoms with Crippen molar-refractivity contribution in [3.63, 3.8) is 0 Å². The lowest BCUT2D eigenvalue weighted by Crippen LogP contribution is -2.21. The molecule has 0 radical (unpaired) electrons. The van der Waals surface area contributed by atoms with E-state index in [1.807, 2.05) is 0 Å². The maximum Gasteiger partial charge on any atom is -0.0386 e. The van der Waals surface area contributed by atoms with Gasteiger partial charge < -0.3 is 0 Å². The summed E-state index contributed by atoms with van der Waals surface area (Å²) in [5.74, 6) is 4.86. The zero-order valence-corrected chi connectivity index (χ0v) is 14.3. The average Bonchev–Trinajstić information content (AvgIpc) is 2.33. The van der Waals surface area contributed by atoms with E-state index in [0.29, 0.717) is 0 Å². The molecular weight excluding hydrogens is 228 g/mol. The molecule has 0 heterocycles. The summed E-state index contributed by atoms with van der Waals surface area (Å²) in [4.78, 5) is 0. The van der Waals surface area contributed by atoms with Crippen molar-refractivity contribution in [1.29, 1.82) is 0 Å². The van der Waals surface area contributed by atoms with Crippen LogP contribution < -0.4 is 0 Å². The minimum Gasteiger partial charge on any atom is -0.0628 e. The Bertz CT molecular complexity index is 218. The molecule has 19 heavy (non-hydrogen) atoms. The minimum atomic E-state index is 0.886. The van der Waals surface area contributed by atoms with E-state index in [0.717, 1.165) is 29.6 Å². The first-order valence-electron chi connectivity index (χ1n) is 8.99. The van der Waals surface area contributed by atoms with Gasteiger partial charge in [0.25, 0.3) is 0 Å². The standard InChI is InChI=1S/C19H38/c1-15(2)8-6-9-16(3)10-7-11-19-14-17(4)12-13-18(19)5/h15-19H,6-14H2,1-5H3. The number of hydrogen-bond donors (Lipinski definition) is 0. The van der Waals surface area contributed by atoms with Crippen LogP contribution in [-0.4, -0.2) is 0 Å². The van der Waals surface area contributed by atoms with Gasteiger partial charge in [0.05, 0.1) is 0 Å². The fraction of sp³-hybridized carbons (Fsp3) is 1.00. The molecule has 0 aliphatic heterocycles. The molecule has 0 bridgehead atoms. The van der Waals surface area contributed by atoms with Crippen molar-refractivity contribution in [1.82, 2.24) is 0 Å². The van der Waals surface area contributed by atoms with Gasteiger partial charge in [0.1, 0.15) is 0 Å². The van der Waals surface area contributed by atoms with Crippen LogP contribution in [0.1, 0.15) is 92.4 Å². The van der Waals surface area contributed by atoms with Gasteiger partial charge in [0, 0.05) is 0 Å². The summed E-state index contributed by atoms with van der Waals surface area (Å²) in [6, 6.07) is 0. The third kappa shape index (κ3) is 7.37. The highest BCUT2D eigenvalue weighted by Gasteiger charge is 2.24. The van der Waals surface area contributed by atoms with Crippen LogP contribution in [0.3, 0.4) is 0 Å². The molecule has 0 nitrogen and oxygen atoms in total. The van der Waals surface area contributed by atoms with E-state index >= 15 is 0 Å². The zero-order chi connectivity index (χ0) is 14.3. The van der Waals surface area contributed by atoms with Gasteiger partial charge in [-0.05, 0) is 36.0 Å². The summed E-state index contributed by atoms with van der Waals surface area (Å²) in [6.07, 6.45) is 13.2. The topological polar surface area (TPSA) is 0 Å². The Morgan fingerprint density at radius 3 is 2.26 bits per heavy atom. The molecule has 0 N–H and O–H groups in total. The molecule has 1 aliphatic carbocycles. The van der Waals surface area contributed by atoms with Crippen molar-refractivity contribution in [2.45, 2.75) is 92.4 Å². The van der Waals surface area contributed by atoms with Crippen molar-refractivity contribution >= 4 is 0 Å². The van der Waals surface area contributed by atoms with Crippen molar-refractivity contribution in [3.8, 4) is 0 Å².